The summed E-state index contributed by atoms with van der Waals surface area (Å²) in [4.78, 5) is 10.1. The van der Waals surface area contributed by atoms with E-state index in [-0.39, 0.29) is 21.1 Å². The van der Waals surface area contributed by atoms with Gasteiger partial charge < -0.3 is 5.32 Å². The molecule has 0 bridgehead atoms. The second-order valence-corrected chi connectivity index (χ2v) is 5.77. The van der Waals surface area contributed by atoms with Gasteiger partial charge in [0.2, 0.25) is 0 Å². The van der Waals surface area contributed by atoms with Gasteiger partial charge in [-0.2, -0.15) is 0 Å². The number of nitro groups is 1. The normalized spacial score (nSPS) is 11.4. The van der Waals surface area contributed by atoms with Crippen LogP contribution in [0.4, 0.5) is 11.4 Å². The number of hydrogen-bond acceptors (Lipinski definition) is 3. The number of nitrogens with one attached hydrogen (secondary N) is 1. The van der Waals surface area contributed by atoms with E-state index in [0.29, 0.717) is 12.2 Å². The summed E-state index contributed by atoms with van der Waals surface area (Å²) in [6, 6.07) is 2.58. The van der Waals surface area contributed by atoms with E-state index < -0.39 is 4.92 Å². The van der Waals surface area contributed by atoms with Crippen LogP contribution in [0, 0.1) is 15.5 Å². The summed E-state index contributed by atoms with van der Waals surface area (Å²) in [6.45, 7) is 6.86. The van der Waals surface area contributed by atoms with Gasteiger partial charge in [-0.1, -0.05) is 44.0 Å². The summed E-state index contributed by atoms with van der Waals surface area (Å²) in [5, 5.41) is 14.2. The zero-order valence-corrected chi connectivity index (χ0v) is 11.4. The number of anilines is 1. The molecule has 0 saturated carbocycles. The van der Waals surface area contributed by atoms with Gasteiger partial charge in [-0.25, -0.2) is 0 Å². The summed E-state index contributed by atoms with van der Waals surface area (Å²) < 4.78 is 0. The first kappa shape index (κ1) is 14.1. The fourth-order valence-electron chi connectivity index (χ4n) is 1.19. The summed E-state index contributed by atoms with van der Waals surface area (Å²) >= 11 is 11.9. The molecule has 0 aromatic heterocycles. The molecular weight excluding hydrogens is 263 g/mol. The Morgan fingerprint density at radius 3 is 2.12 bits per heavy atom. The quantitative estimate of drug-likeness (QED) is 0.659. The molecule has 0 heterocycles. The van der Waals surface area contributed by atoms with Crippen LogP contribution in [0.15, 0.2) is 12.1 Å². The van der Waals surface area contributed by atoms with Gasteiger partial charge in [0.15, 0.2) is 0 Å². The molecule has 1 aromatic rings. The molecule has 0 aliphatic rings. The predicted molar refractivity (Wildman–Crippen MR) is 71.1 cm³/mol. The summed E-state index contributed by atoms with van der Waals surface area (Å²) in [7, 11) is 0. The molecule has 0 aliphatic heterocycles. The molecule has 0 atom stereocenters. The van der Waals surface area contributed by atoms with Crippen molar-refractivity contribution in [3.05, 3.63) is 32.3 Å². The minimum Gasteiger partial charge on any atom is -0.382 e. The van der Waals surface area contributed by atoms with Gasteiger partial charge in [-0.3, -0.25) is 10.1 Å². The Kier molecular flexibility index (Phi) is 4.22. The van der Waals surface area contributed by atoms with E-state index in [1.807, 2.05) is 0 Å². The summed E-state index contributed by atoms with van der Waals surface area (Å²) in [5.74, 6) is 0. The third-order valence-corrected chi connectivity index (χ3v) is 2.63. The molecule has 1 rings (SSSR count). The lowest BCUT2D eigenvalue weighted by Gasteiger charge is -2.20. The average molecular weight is 277 g/mol. The Morgan fingerprint density at radius 2 is 1.76 bits per heavy atom. The van der Waals surface area contributed by atoms with E-state index in [4.69, 9.17) is 23.2 Å². The number of nitrogens with zero attached hydrogens (tertiary/aromatic N) is 1. The molecule has 0 saturated heterocycles. The van der Waals surface area contributed by atoms with Gasteiger partial charge in [-0.05, 0) is 5.41 Å². The van der Waals surface area contributed by atoms with Crippen LogP contribution in [0.1, 0.15) is 20.8 Å². The Morgan fingerprint density at radius 1 is 1.29 bits per heavy atom. The van der Waals surface area contributed by atoms with Crippen molar-refractivity contribution in [2.75, 3.05) is 11.9 Å². The van der Waals surface area contributed by atoms with E-state index in [2.05, 4.69) is 26.1 Å². The Hall–Kier alpha value is -1.00. The van der Waals surface area contributed by atoms with E-state index in [9.17, 15) is 10.1 Å². The Bertz CT molecular complexity index is 419. The first-order chi connectivity index (χ1) is 7.70. The van der Waals surface area contributed by atoms with Crippen molar-refractivity contribution in [1.29, 1.82) is 0 Å². The largest absolute Gasteiger partial charge is 0.382 e. The van der Waals surface area contributed by atoms with Gasteiger partial charge in [-0.15, -0.1) is 0 Å². The molecule has 94 valence electrons. The van der Waals surface area contributed by atoms with E-state index in [1.165, 1.54) is 12.1 Å². The lowest BCUT2D eigenvalue weighted by Crippen LogP contribution is -2.19. The lowest BCUT2D eigenvalue weighted by molar-refractivity contribution is -0.384. The van der Waals surface area contributed by atoms with Gasteiger partial charge in [0.1, 0.15) is 0 Å². The standard InChI is InChI=1S/C11H14Cl2N2O2/c1-11(2,3)6-14-10-8(12)4-7(15(16)17)5-9(10)13/h4-5,14H,6H2,1-3H3. The molecule has 0 spiro atoms. The minimum atomic E-state index is -0.523. The lowest BCUT2D eigenvalue weighted by atomic mass is 9.97. The highest BCUT2D eigenvalue weighted by molar-refractivity contribution is 6.39. The smallest absolute Gasteiger partial charge is 0.272 e. The van der Waals surface area contributed by atoms with Crippen molar-refractivity contribution >= 4 is 34.6 Å². The molecule has 1 aromatic carbocycles. The average Bonchev–Trinajstić information content (AvgIpc) is 2.14. The van der Waals surface area contributed by atoms with Gasteiger partial charge in [0.05, 0.1) is 20.7 Å². The first-order valence-electron chi connectivity index (χ1n) is 5.08. The first-order valence-corrected chi connectivity index (χ1v) is 5.83. The monoisotopic (exact) mass is 276 g/mol. The van der Waals surface area contributed by atoms with Crippen molar-refractivity contribution in [2.24, 2.45) is 5.41 Å². The number of halogens is 2. The SMILES string of the molecule is CC(C)(C)CNc1c(Cl)cc([N+](=O)[O-])cc1Cl. The number of nitro benzene ring substituents is 1. The van der Waals surface area contributed by atoms with Crippen LogP contribution in [0.2, 0.25) is 10.0 Å². The number of hydrogen-bond donors (Lipinski definition) is 1. The van der Waals surface area contributed by atoms with Gasteiger partial charge in [0.25, 0.3) is 5.69 Å². The molecule has 1 N–H and O–H groups in total. The minimum absolute atomic E-state index is 0.0639. The maximum Gasteiger partial charge on any atom is 0.272 e. The fourth-order valence-corrected chi connectivity index (χ4v) is 1.80. The van der Waals surface area contributed by atoms with E-state index >= 15 is 0 Å². The third-order valence-electron chi connectivity index (χ3n) is 2.03. The van der Waals surface area contributed by atoms with Crippen LogP contribution in [0.25, 0.3) is 0 Å². The van der Waals surface area contributed by atoms with Crippen LogP contribution in [-0.2, 0) is 0 Å². The number of rotatable bonds is 3. The maximum absolute atomic E-state index is 10.6. The van der Waals surface area contributed by atoms with Crippen LogP contribution < -0.4 is 5.32 Å². The molecule has 0 aliphatic carbocycles. The highest BCUT2D eigenvalue weighted by atomic mass is 35.5. The molecular formula is C11H14Cl2N2O2. The van der Waals surface area contributed by atoms with Crippen molar-refractivity contribution < 1.29 is 4.92 Å². The zero-order valence-electron chi connectivity index (χ0n) is 9.88. The Balaban J connectivity index is 2.98. The van der Waals surface area contributed by atoms with Gasteiger partial charge >= 0.3 is 0 Å². The fraction of sp³-hybridized carbons (Fsp3) is 0.455. The molecule has 0 amide bonds. The molecule has 4 nitrogen and oxygen atoms in total. The summed E-state index contributed by atoms with van der Waals surface area (Å²) in [5.41, 5.74) is 0.490. The van der Waals surface area contributed by atoms with Crippen molar-refractivity contribution in [1.82, 2.24) is 0 Å². The Labute approximate surface area is 110 Å². The van der Waals surface area contributed by atoms with Crippen LogP contribution in [0.5, 0.6) is 0 Å². The molecule has 6 heteroatoms. The number of non-ortho nitro benzene ring substituents is 1. The van der Waals surface area contributed by atoms with Gasteiger partial charge in [0, 0.05) is 18.7 Å². The van der Waals surface area contributed by atoms with E-state index in [0.717, 1.165) is 0 Å². The van der Waals surface area contributed by atoms with Crippen molar-refractivity contribution in [3.8, 4) is 0 Å². The molecule has 0 unspecified atom stereocenters. The maximum atomic E-state index is 10.6. The second kappa shape index (κ2) is 5.10. The highest BCUT2D eigenvalue weighted by Crippen LogP contribution is 2.35. The third kappa shape index (κ3) is 4.06. The topological polar surface area (TPSA) is 55.2 Å². The van der Waals surface area contributed by atoms with E-state index in [1.54, 1.807) is 0 Å². The second-order valence-electron chi connectivity index (χ2n) is 4.96. The van der Waals surface area contributed by atoms with Crippen molar-refractivity contribution in [2.45, 2.75) is 20.8 Å². The highest BCUT2D eigenvalue weighted by Gasteiger charge is 2.16. The number of benzene rings is 1. The molecule has 0 radical (unpaired) electrons. The van der Waals surface area contributed by atoms with Crippen molar-refractivity contribution in [3.63, 3.8) is 0 Å². The van der Waals surface area contributed by atoms with Crippen LogP contribution >= 0.6 is 23.2 Å². The van der Waals surface area contributed by atoms with Crippen LogP contribution in [-0.4, -0.2) is 11.5 Å². The molecule has 17 heavy (non-hydrogen) atoms. The zero-order chi connectivity index (χ0) is 13.2. The van der Waals surface area contributed by atoms with Crippen LogP contribution in [0.3, 0.4) is 0 Å². The predicted octanol–water partition coefficient (Wildman–Crippen LogP) is 4.36. The summed E-state index contributed by atoms with van der Waals surface area (Å²) in [6.07, 6.45) is 0. The molecule has 0 fully saturated rings.